The number of nitrogens with one attached hydrogen (secondary N) is 1. The van der Waals surface area contributed by atoms with Crippen molar-refractivity contribution in [1.82, 2.24) is 14.6 Å². The Bertz CT molecular complexity index is 908. The van der Waals surface area contributed by atoms with Crippen LogP contribution in [0, 0.1) is 6.92 Å². The summed E-state index contributed by atoms with van der Waals surface area (Å²) in [6, 6.07) is 11.0. The number of hydrogen-bond donors (Lipinski definition) is 1. The number of aromatic nitrogens is 1. The first-order valence-electron chi connectivity index (χ1n) is 10.1. The molecule has 4 rings (SSSR count). The van der Waals surface area contributed by atoms with Gasteiger partial charge in [0.25, 0.3) is 0 Å². The molecule has 28 heavy (non-hydrogen) atoms. The smallest absolute Gasteiger partial charge is 0.243 e. The van der Waals surface area contributed by atoms with Crippen LogP contribution in [0.15, 0.2) is 47.5 Å². The number of piperazine rings is 1. The second kappa shape index (κ2) is 8.19. The van der Waals surface area contributed by atoms with Crippen LogP contribution in [0.2, 0.25) is 0 Å². The van der Waals surface area contributed by atoms with E-state index in [1.54, 1.807) is 16.4 Å². The minimum Gasteiger partial charge on any atom is -0.354 e. The zero-order valence-electron chi connectivity index (χ0n) is 16.3. The molecule has 2 fully saturated rings. The summed E-state index contributed by atoms with van der Waals surface area (Å²) in [7, 11) is -3.55. The van der Waals surface area contributed by atoms with Crippen molar-refractivity contribution in [2.24, 2.45) is 0 Å². The van der Waals surface area contributed by atoms with E-state index < -0.39 is 10.0 Å². The van der Waals surface area contributed by atoms with Gasteiger partial charge in [-0.1, -0.05) is 30.2 Å². The highest BCUT2D eigenvalue weighted by molar-refractivity contribution is 7.89. The van der Waals surface area contributed by atoms with E-state index in [0.29, 0.717) is 11.4 Å². The molecule has 0 amide bonds. The second-order valence-corrected chi connectivity index (χ2v) is 9.48. The van der Waals surface area contributed by atoms with Crippen molar-refractivity contribution in [3.8, 4) is 0 Å². The van der Waals surface area contributed by atoms with Crippen LogP contribution in [0.4, 0.5) is 5.82 Å². The molecule has 0 radical (unpaired) electrons. The molecule has 3 heterocycles. The van der Waals surface area contributed by atoms with Crippen molar-refractivity contribution < 1.29 is 8.42 Å². The van der Waals surface area contributed by atoms with Crippen LogP contribution in [-0.4, -0.2) is 50.4 Å². The first-order valence-corrected chi connectivity index (χ1v) is 11.5. The molecular weight excluding hydrogens is 372 g/mol. The van der Waals surface area contributed by atoms with E-state index >= 15 is 0 Å². The highest BCUT2D eigenvalue weighted by atomic mass is 32.2. The molecule has 1 atom stereocenters. The molecule has 0 aliphatic carbocycles. The van der Waals surface area contributed by atoms with E-state index in [-0.39, 0.29) is 6.04 Å². The van der Waals surface area contributed by atoms with Crippen LogP contribution in [0.1, 0.15) is 36.4 Å². The number of piperidine rings is 1. The number of pyridine rings is 1. The lowest BCUT2D eigenvalue weighted by molar-refractivity contribution is 0.255. The Kier molecular flexibility index (Phi) is 5.66. The third-order valence-electron chi connectivity index (χ3n) is 5.67. The van der Waals surface area contributed by atoms with Crippen molar-refractivity contribution in [2.75, 3.05) is 37.6 Å². The van der Waals surface area contributed by atoms with Crippen LogP contribution >= 0.6 is 0 Å². The van der Waals surface area contributed by atoms with Crippen LogP contribution in [0.5, 0.6) is 0 Å². The van der Waals surface area contributed by atoms with Gasteiger partial charge in [0.2, 0.25) is 10.0 Å². The topological polar surface area (TPSA) is 65.5 Å². The number of aryl methyl sites for hydroxylation is 1. The first-order chi connectivity index (χ1) is 13.6. The summed E-state index contributed by atoms with van der Waals surface area (Å²) < 4.78 is 28.6. The van der Waals surface area contributed by atoms with Gasteiger partial charge in [0.05, 0.1) is 10.9 Å². The van der Waals surface area contributed by atoms with Gasteiger partial charge in [-0.3, -0.25) is 0 Å². The maximum Gasteiger partial charge on any atom is 0.243 e. The zero-order valence-corrected chi connectivity index (χ0v) is 17.2. The Morgan fingerprint density at radius 3 is 2.54 bits per heavy atom. The molecule has 7 heteroatoms. The van der Waals surface area contributed by atoms with Gasteiger partial charge in [-0.15, -0.1) is 0 Å². The standard InChI is InChI=1S/C21H28N4O2S/c1-17-7-9-18(10-8-17)28(26,27)25-14-3-2-6-20(25)19-5-4-11-23-21(19)24-15-12-22-13-16-24/h4-5,7-11,20,22H,2-3,6,12-16H2,1H3. The van der Waals surface area contributed by atoms with E-state index in [0.717, 1.165) is 62.4 Å². The van der Waals surface area contributed by atoms with Gasteiger partial charge < -0.3 is 10.2 Å². The van der Waals surface area contributed by atoms with Crippen molar-refractivity contribution in [3.05, 3.63) is 53.7 Å². The average Bonchev–Trinajstić information content (AvgIpc) is 2.75. The fourth-order valence-electron chi connectivity index (χ4n) is 4.16. The molecule has 2 aliphatic heterocycles. The lowest BCUT2D eigenvalue weighted by Crippen LogP contribution is -2.45. The third-order valence-corrected chi connectivity index (χ3v) is 7.60. The van der Waals surface area contributed by atoms with E-state index in [1.807, 2.05) is 31.3 Å². The second-order valence-electron chi connectivity index (χ2n) is 7.59. The minimum absolute atomic E-state index is 0.168. The fourth-order valence-corrected chi connectivity index (χ4v) is 5.83. The Hall–Kier alpha value is -1.96. The highest BCUT2D eigenvalue weighted by Gasteiger charge is 2.36. The summed E-state index contributed by atoms with van der Waals surface area (Å²) in [5.41, 5.74) is 2.09. The molecule has 0 saturated carbocycles. The Morgan fingerprint density at radius 1 is 1.04 bits per heavy atom. The van der Waals surface area contributed by atoms with E-state index in [9.17, 15) is 8.42 Å². The maximum atomic E-state index is 13.5. The number of sulfonamides is 1. The molecule has 1 N–H and O–H groups in total. The van der Waals surface area contributed by atoms with Gasteiger partial charge in [0, 0.05) is 44.5 Å². The van der Waals surface area contributed by atoms with Crippen molar-refractivity contribution >= 4 is 15.8 Å². The summed E-state index contributed by atoms with van der Waals surface area (Å²) in [5, 5.41) is 3.37. The zero-order chi connectivity index (χ0) is 19.6. The van der Waals surface area contributed by atoms with E-state index in [4.69, 9.17) is 0 Å². The molecule has 1 aromatic heterocycles. The average molecular weight is 401 g/mol. The van der Waals surface area contributed by atoms with E-state index in [1.165, 1.54) is 0 Å². The Morgan fingerprint density at radius 2 is 1.79 bits per heavy atom. The fraction of sp³-hybridized carbons (Fsp3) is 0.476. The predicted octanol–water partition coefficient (Wildman–Crippen LogP) is 2.72. The molecule has 0 spiro atoms. The predicted molar refractivity (Wildman–Crippen MR) is 111 cm³/mol. The van der Waals surface area contributed by atoms with Gasteiger partial charge in [0.1, 0.15) is 5.82 Å². The van der Waals surface area contributed by atoms with Crippen LogP contribution in [0.25, 0.3) is 0 Å². The van der Waals surface area contributed by atoms with Gasteiger partial charge in [-0.2, -0.15) is 4.31 Å². The molecule has 1 unspecified atom stereocenters. The van der Waals surface area contributed by atoms with Gasteiger partial charge in [-0.05, 0) is 38.0 Å². The van der Waals surface area contributed by atoms with Crippen molar-refractivity contribution in [1.29, 1.82) is 0 Å². The largest absolute Gasteiger partial charge is 0.354 e. The monoisotopic (exact) mass is 400 g/mol. The van der Waals surface area contributed by atoms with Crippen LogP contribution in [0.3, 0.4) is 0 Å². The van der Waals surface area contributed by atoms with Crippen molar-refractivity contribution in [3.63, 3.8) is 0 Å². The highest BCUT2D eigenvalue weighted by Crippen LogP contribution is 2.38. The van der Waals surface area contributed by atoms with Gasteiger partial charge in [0.15, 0.2) is 0 Å². The summed E-state index contributed by atoms with van der Waals surface area (Å²) in [5.74, 6) is 0.931. The molecule has 1 aromatic carbocycles. The normalized spacial score (nSPS) is 21.6. The molecule has 2 aromatic rings. The quantitative estimate of drug-likeness (QED) is 0.855. The Balaban J connectivity index is 1.71. The molecule has 2 aliphatic rings. The van der Waals surface area contributed by atoms with Crippen LogP contribution in [-0.2, 0) is 10.0 Å². The van der Waals surface area contributed by atoms with Crippen molar-refractivity contribution in [2.45, 2.75) is 37.1 Å². The molecular formula is C21H28N4O2S. The summed E-state index contributed by atoms with van der Waals surface area (Å²) in [6.07, 6.45) is 4.56. The summed E-state index contributed by atoms with van der Waals surface area (Å²) in [6.45, 7) is 6.15. The number of hydrogen-bond acceptors (Lipinski definition) is 5. The Labute approximate surface area is 167 Å². The summed E-state index contributed by atoms with van der Waals surface area (Å²) in [4.78, 5) is 7.30. The SMILES string of the molecule is Cc1ccc(S(=O)(=O)N2CCCCC2c2cccnc2N2CCNCC2)cc1. The lowest BCUT2D eigenvalue weighted by Gasteiger charge is -2.38. The third kappa shape index (κ3) is 3.79. The van der Waals surface area contributed by atoms with E-state index in [2.05, 4.69) is 21.3 Å². The molecule has 2 saturated heterocycles. The number of benzene rings is 1. The van der Waals surface area contributed by atoms with Gasteiger partial charge >= 0.3 is 0 Å². The maximum absolute atomic E-state index is 13.5. The summed E-state index contributed by atoms with van der Waals surface area (Å²) >= 11 is 0. The van der Waals surface area contributed by atoms with Crippen LogP contribution < -0.4 is 10.2 Å². The first kappa shape index (κ1) is 19.4. The number of anilines is 1. The molecule has 150 valence electrons. The molecule has 6 nitrogen and oxygen atoms in total. The molecule has 0 bridgehead atoms. The lowest BCUT2D eigenvalue weighted by atomic mass is 9.97. The number of rotatable bonds is 4. The minimum atomic E-state index is -3.55. The number of nitrogens with zero attached hydrogens (tertiary/aromatic N) is 3. The van der Waals surface area contributed by atoms with Gasteiger partial charge in [-0.25, -0.2) is 13.4 Å².